The van der Waals surface area contributed by atoms with Crippen molar-refractivity contribution >= 4 is 56.4 Å². The zero-order chi connectivity index (χ0) is 24.5. The molecule has 1 saturated heterocycles. The van der Waals surface area contributed by atoms with E-state index < -0.39 is 17.0 Å². The lowest BCUT2D eigenvalue weighted by molar-refractivity contribution is -0.122. The van der Waals surface area contributed by atoms with Crippen molar-refractivity contribution in [3.8, 4) is 5.69 Å². The molecule has 1 N–H and O–H groups in total. The van der Waals surface area contributed by atoms with E-state index >= 15 is 0 Å². The van der Waals surface area contributed by atoms with Gasteiger partial charge in [0.05, 0.1) is 21.2 Å². The van der Waals surface area contributed by atoms with Gasteiger partial charge in [-0.1, -0.05) is 36.4 Å². The molecule has 0 unspecified atom stereocenters. The van der Waals surface area contributed by atoms with Crippen molar-refractivity contribution in [3.63, 3.8) is 0 Å². The van der Waals surface area contributed by atoms with Gasteiger partial charge in [0.1, 0.15) is 10.6 Å². The van der Waals surface area contributed by atoms with E-state index in [9.17, 15) is 18.8 Å². The van der Waals surface area contributed by atoms with E-state index in [4.69, 9.17) is 0 Å². The van der Waals surface area contributed by atoms with E-state index in [2.05, 4.69) is 10.4 Å². The SMILES string of the molecule is Cc1nn(-c2ccccc2)c2sc(C(=O)NCCN3C(=O)S/C(=C\c4ccccc4F)C3=O)cc12. The molecule has 0 saturated carbocycles. The van der Waals surface area contributed by atoms with Crippen molar-refractivity contribution in [3.05, 3.63) is 87.5 Å². The summed E-state index contributed by atoms with van der Waals surface area (Å²) in [6.45, 7) is 2.01. The normalized spacial score (nSPS) is 14.9. The fraction of sp³-hybridized carbons (Fsp3) is 0.120. The maximum atomic E-state index is 13.9. The number of hydrogen-bond donors (Lipinski definition) is 1. The Hall–Kier alpha value is -3.76. The topological polar surface area (TPSA) is 84.3 Å². The van der Waals surface area contributed by atoms with Gasteiger partial charge < -0.3 is 5.32 Å². The molecule has 1 aliphatic heterocycles. The first-order valence-corrected chi connectivity index (χ1v) is 12.4. The summed E-state index contributed by atoms with van der Waals surface area (Å²) in [7, 11) is 0. The molecule has 5 rings (SSSR count). The average Bonchev–Trinajstić information content (AvgIpc) is 3.50. The van der Waals surface area contributed by atoms with Gasteiger partial charge in [-0.2, -0.15) is 5.10 Å². The quantitative estimate of drug-likeness (QED) is 0.372. The highest BCUT2D eigenvalue weighted by Crippen LogP contribution is 2.33. The summed E-state index contributed by atoms with van der Waals surface area (Å²) in [5, 5.41) is 7.80. The van der Waals surface area contributed by atoms with E-state index in [0.717, 1.165) is 38.3 Å². The predicted molar refractivity (Wildman–Crippen MR) is 135 cm³/mol. The summed E-state index contributed by atoms with van der Waals surface area (Å²) in [5.74, 6) is -1.27. The minimum absolute atomic E-state index is 0.0206. The van der Waals surface area contributed by atoms with Crippen LogP contribution in [0.25, 0.3) is 22.0 Å². The summed E-state index contributed by atoms with van der Waals surface area (Å²) in [4.78, 5) is 40.3. The minimum atomic E-state index is -0.502. The number of nitrogens with one attached hydrogen (secondary N) is 1. The summed E-state index contributed by atoms with van der Waals surface area (Å²) >= 11 is 2.08. The van der Waals surface area contributed by atoms with Gasteiger partial charge in [-0.05, 0) is 49.0 Å². The number of aryl methyl sites for hydroxylation is 1. The highest BCUT2D eigenvalue weighted by molar-refractivity contribution is 8.18. The first-order chi connectivity index (χ1) is 16.9. The number of amides is 3. The fourth-order valence-corrected chi connectivity index (χ4v) is 5.65. The summed E-state index contributed by atoms with van der Waals surface area (Å²) in [5.41, 5.74) is 1.96. The molecule has 0 atom stereocenters. The number of hydrogen-bond acceptors (Lipinski definition) is 6. The molecule has 0 spiro atoms. The fourth-order valence-electron chi connectivity index (χ4n) is 3.70. The van der Waals surface area contributed by atoms with Crippen LogP contribution in [0.5, 0.6) is 0 Å². The van der Waals surface area contributed by atoms with Crippen molar-refractivity contribution in [1.82, 2.24) is 20.0 Å². The van der Waals surface area contributed by atoms with Crippen molar-refractivity contribution in [2.45, 2.75) is 6.92 Å². The molecule has 0 bridgehead atoms. The average molecular weight is 507 g/mol. The summed E-state index contributed by atoms with van der Waals surface area (Å²) in [6.07, 6.45) is 1.37. The molecule has 2 aromatic heterocycles. The first kappa shape index (κ1) is 23.0. The van der Waals surface area contributed by atoms with Gasteiger partial charge in [-0.25, -0.2) is 9.07 Å². The number of nitrogens with zero attached hydrogens (tertiary/aromatic N) is 3. The number of benzene rings is 2. The second-order valence-electron chi connectivity index (χ2n) is 7.77. The molecule has 1 aliphatic rings. The number of thioether (sulfide) groups is 1. The van der Waals surface area contributed by atoms with E-state index in [-0.39, 0.29) is 29.5 Å². The molecule has 35 heavy (non-hydrogen) atoms. The van der Waals surface area contributed by atoms with Crippen molar-refractivity contribution in [2.75, 3.05) is 13.1 Å². The van der Waals surface area contributed by atoms with Gasteiger partial charge in [0.2, 0.25) is 0 Å². The van der Waals surface area contributed by atoms with Crippen LogP contribution in [0, 0.1) is 12.7 Å². The number of halogens is 1. The third kappa shape index (κ3) is 4.50. The van der Waals surface area contributed by atoms with Crippen LogP contribution in [-0.4, -0.2) is 44.8 Å². The van der Waals surface area contributed by atoms with Crippen LogP contribution < -0.4 is 5.32 Å². The lowest BCUT2D eigenvalue weighted by atomic mass is 10.2. The number of aromatic nitrogens is 2. The standard InChI is InChI=1S/C25H19FN4O3S2/c1-15-18-14-20(34-24(18)30(28-15)17-8-3-2-4-9-17)22(31)27-11-12-29-23(32)21(35-25(29)33)13-16-7-5-6-10-19(16)26/h2-10,13-14H,11-12H2,1H3,(H,27,31)/b21-13-. The zero-order valence-corrected chi connectivity index (χ0v) is 20.2. The molecule has 1 fully saturated rings. The van der Waals surface area contributed by atoms with Crippen LogP contribution in [0.2, 0.25) is 0 Å². The van der Waals surface area contributed by atoms with Gasteiger partial charge in [0.15, 0.2) is 0 Å². The molecule has 176 valence electrons. The highest BCUT2D eigenvalue weighted by Gasteiger charge is 2.34. The van der Waals surface area contributed by atoms with E-state index in [0.29, 0.717) is 4.88 Å². The Kier molecular flexibility index (Phi) is 6.23. The molecule has 3 amide bonds. The van der Waals surface area contributed by atoms with E-state index in [1.165, 1.54) is 29.5 Å². The molecule has 3 heterocycles. The lowest BCUT2D eigenvalue weighted by Gasteiger charge is -2.12. The monoisotopic (exact) mass is 506 g/mol. The molecule has 4 aromatic rings. The number of imide groups is 1. The Morgan fingerprint density at radius 3 is 2.63 bits per heavy atom. The first-order valence-electron chi connectivity index (χ1n) is 10.7. The molecule has 0 radical (unpaired) electrons. The number of carbonyl (C=O) groups is 3. The van der Waals surface area contributed by atoms with E-state index in [1.54, 1.807) is 18.2 Å². The Morgan fingerprint density at radius 2 is 1.86 bits per heavy atom. The van der Waals surface area contributed by atoms with Crippen LogP contribution in [0.3, 0.4) is 0 Å². The van der Waals surface area contributed by atoms with Crippen LogP contribution >= 0.6 is 23.1 Å². The third-order valence-electron chi connectivity index (χ3n) is 5.46. The van der Waals surface area contributed by atoms with Gasteiger partial charge in [0, 0.05) is 24.0 Å². The van der Waals surface area contributed by atoms with Crippen molar-refractivity contribution < 1.29 is 18.8 Å². The molecular formula is C25H19FN4O3S2. The Morgan fingerprint density at radius 1 is 1.11 bits per heavy atom. The van der Waals surface area contributed by atoms with Gasteiger partial charge in [-0.15, -0.1) is 11.3 Å². The maximum Gasteiger partial charge on any atom is 0.293 e. The number of rotatable bonds is 6. The Balaban J connectivity index is 1.25. The Labute approximate surface area is 208 Å². The second kappa shape index (κ2) is 9.47. The number of carbonyl (C=O) groups excluding carboxylic acids is 3. The predicted octanol–water partition coefficient (Wildman–Crippen LogP) is 5.00. The molecule has 10 heteroatoms. The van der Waals surface area contributed by atoms with Crippen LogP contribution in [0.4, 0.5) is 9.18 Å². The lowest BCUT2D eigenvalue weighted by Crippen LogP contribution is -2.37. The van der Waals surface area contributed by atoms with Gasteiger partial charge in [-0.3, -0.25) is 19.3 Å². The molecular weight excluding hydrogens is 487 g/mol. The summed E-state index contributed by atoms with van der Waals surface area (Å²) in [6, 6.07) is 17.5. The van der Waals surface area contributed by atoms with Crippen LogP contribution in [-0.2, 0) is 4.79 Å². The van der Waals surface area contributed by atoms with E-state index in [1.807, 2.05) is 41.9 Å². The third-order valence-corrected chi connectivity index (χ3v) is 7.47. The number of fused-ring (bicyclic) bond motifs is 1. The molecule has 0 aliphatic carbocycles. The second-order valence-corrected chi connectivity index (χ2v) is 9.80. The smallest absolute Gasteiger partial charge is 0.293 e. The number of para-hydroxylation sites is 1. The largest absolute Gasteiger partial charge is 0.350 e. The van der Waals surface area contributed by atoms with Gasteiger partial charge in [0.25, 0.3) is 17.1 Å². The molecule has 7 nitrogen and oxygen atoms in total. The van der Waals surface area contributed by atoms with Crippen LogP contribution in [0.1, 0.15) is 20.9 Å². The van der Waals surface area contributed by atoms with Crippen LogP contribution in [0.15, 0.2) is 65.6 Å². The maximum absolute atomic E-state index is 13.9. The number of thiophene rings is 1. The minimum Gasteiger partial charge on any atom is -0.350 e. The molecule has 2 aromatic carbocycles. The van der Waals surface area contributed by atoms with Crippen molar-refractivity contribution in [2.24, 2.45) is 0 Å². The highest BCUT2D eigenvalue weighted by atomic mass is 32.2. The summed E-state index contributed by atoms with van der Waals surface area (Å²) < 4.78 is 15.7. The Bertz CT molecular complexity index is 1490. The van der Waals surface area contributed by atoms with Gasteiger partial charge >= 0.3 is 0 Å². The van der Waals surface area contributed by atoms with Crippen molar-refractivity contribution in [1.29, 1.82) is 0 Å². The zero-order valence-electron chi connectivity index (χ0n) is 18.5.